The van der Waals surface area contributed by atoms with Gasteiger partial charge in [0.2, 0.25) is 5.91 Å². The van der Waals surface area contributed by atoms with Crippen molar-refractivity contribution in [2.45, 2.75) is 51.1 Å². The molecule has 1 aliphatic rings. The Balaban J connectivity index is 1.47. The van der Waals surface area contributed by atoms with Gasteiger partial charge in [-0.05, 0) is 61.2 Å². The number of para-hydroxylation sites is 1. The number of nitrogens with zero attached hydrogens (tertiary/aromatic N) is 2. The Morgan fingerprint density at radius 3 is 2.36 bits per heavy atom. The zero-order valence-electron chi connectivity index (χ0n) is 22.8. The molecule has 1 aromatic heterocycles. The highest BCUT2D eigenvalue weighted by atomic mass is 16.5. The van der Waals surface area contributed by atoms with Crippen LogP contribution in [-0.4, -0.2) is 61.6 Å². The molecule has 2 amide bonds. The lowest BCUT2D eigenvalue weighted by Crippen LogP contribution is -2.49. The van der Waals surface area contributed by atoms with Crippen LogP contribution in [0.1, 0.15) is 43.4 Å². The molecule has 0 saturated heterocycles. The Labute approximate surface area is 230 Å². The Bertz CT molecular complexity index is 1180. The monoisotopic (exact) mass is 534 g/mol. The normalized spacial score (nSPS) is 13.5. The fraction of sp³-hybridized carbons (Fsp3) is 0.419. The predicted molar refractivity (Wildman–Crippen MR) is 148 cm³/mol. The molecule has 0 atom stereocenters. The van der Waals surface area contributed by atoms with Crippen molar-refractivity contribution in [1.29, 1.82) is 0 Å². The molecule has 39 heavy (non-hydrogen) atoms. The van der Waals surface area contributed by atoms with E-state index in [0.717, 1.165) is 37.7 Å². The smallest absolute Gasteiger partial charge is 0.261 e. The van der Waals surface area contributed by atoms with Crippen molar-refractivity contribution in [3.05, 3.63) is 78.3 Å². The Hall–Kier alpha value is -3.94. The molecular formula is C31H38N2O6. The van der Waals surface area contributed by atoms with Crippen LogP contribution in [0.15, 0.2) is 71.3 Å². The van der Waals surface area contributed by atoms with E-state index in [1.165, 1.54) is 0 Å². The molecule has 0 bridgehead atoms. The highest BCUT2D eigenvalue weighted by molar-refractivity contribution is 5.85. The third-order valence-electron chi connectivity index (χ3n) is 7.14. The van der Waals surface area contributed by atoms with Gasteiger partial charge in [0.25, 0.3) is 5.91 Å². The van der Waals surface area contributed by atoms with E-state index >= 15 is 0 Å². The zero-order valence-corrected chi connectivity index (χ0v) is 22.8. The van der Waals surface area contributed by atoms with Gasteiger partial charge >= 0.3 is 0 Å². The van der Waals surface area contributed by atoms with Crippen LogP contribution in [-0.2, 0) is 22.6 Å². The van der Waals surface area contributed by atoms with Crippen LogP contribution < -0.4 is 14.2 Å². The summed E-state index contributed by atoms with van der Waals surface area (Å²) in [6.07, 6.45) is 7.27. The SMILES string of the molecule is COc1ccc(CCN(Cc2ccco2)C(=O)CN(C(=O)COc2ccccc2)C2CCCCC2)cc1OC. The minimum absolute atomic E-state index is 0.00823. The fourth-order valence-electron chi connectivity index (χ4n) is 4.99. The first-order valence-corrected chi connectivity index (χ1v) is 13.6. The quantitative estimate of drug-likeness (QED) is 0.303. The molecule has 8 heteroatoms. The number of hydrogen-bond donors (Lipinski definition) is 0. The van der Waals surface area contributed by atoms with Crippen LogP contribution in [0, 0.1) is 0 Å². The summed E-state index contributed by atoms with van der Waals surface area (Å²) in [4.78, 5) is 30.6. The lowest BCUT2D eigenvalue weighted by atomic mass is 9.94. The second-order valence-corrected chi connectivity index (χ2v) is 9.75. The first-order chi connectivity index (χ1) is 19.1. The number of furan rings is 1. The molecule has 0 aliphatic heterocycles. The first-order valence-electron chi connectivity index (χ1n) is 13.6. The van der Waals surface area contributed by atoms with E-state index in [9.17, 15) is 9.59 Å². The van der Waals surface area contributed by atoms with Crippen LogP contribution in [0.3, 0.4) is 0 Å². The molecular weight excluding hydrogens is 496 g/mol. The average Bonchev–Trinajstić information content (AvgIpc) is 3.50. The number of ether oxygens (including phenoxy) is 3. The number of methoxy groups -OCH3 is 2. The highest BCUT2D eigenvalue weighted by Crippen LogP contribution is 2.28. The molecule has 0 unspecified atom stereocenters. The van der Waals surface area contributed by atoms with E-state index in [1.54, 1.807) is 30.3 Å². The fourth-order valence-corrected chi connectivity index (χ4v) is 4.99. The molecule has 1 fully saturated rings. The molecule has 2 aromatic carbocycles. The molecule has 4 rings (SSSR count). The van der Waals surface area contributed by atoms with Gasteiger partial charge in [-0.15, -0.1) is 0 Å². The van der Waals surface area contributed by atoms with E-state index in [4.69, 9.17) is 18.6 Å². The third-order valence-corrected chi connectivity index (χ3v) is 7.14. The molecule has 3 aromatic rings. The van der Waals surface area contributed by atoms with Crippen LogP contribution >= 0.6 is 0 Å². The number of hydrogen-bond acceptors (Lipinski definition) is 6. The van der Waals surface area contributed by atoms with E-state index in [1.807, 2.05) is 60.7 Å². The van der Waals surface area contributed by atoms with Crippen molar-refractivity contribution in [3.8, 4) is 17.2 Å². The molecule has 0 radical (unpaired) electrons. The Morgan fingerprint density at radius 1 is 0.897 bits per heavy atom. The molecule has 8 nitrogen and oxygen atoms in total. The van der Waals surface area contributed by atoms with Crippen molar-refractivity contribution >= 4 is 11.8 Å². The molecule has 208 valence electrons. The van der Waals surface area contributed by atoms with Crippen LogP contribution in [0.25, 0.3) is 0 Å². The van der Waals surface area contributed by atoms with Gasteiger partial charge in [-0.25, -0.2) is 0 Å². The van der Waals surface area contributed by atoms with Gasteiger partial charge in [-0.2, -0.15) is 0 Å². The maximum absolute atomic E-state index is 13.8. The van der Waals surface area contributed by atoms with Gasteiger partial charge in [0.05, 0.1) is 27.0 Å². The minimum Gasteiger partial charge on any atom is -0.493 e. The summed E-state index contributed by atoms with van der Waals surface area (Å²) in [7, 11) is 3.21. The van der Waals surface area contributed by atoms with Crippen molar-refractivity contribution in [2.24, 2.45) is 0 Å². The predicted octanol–water partition coefficient (Wildman–Crippen LogP) is 5.11. The van der Waals surface area contributed by atoms with Gasteiger partial charge in [0.1, 0.15) is 18.1 Å². The zero-order chi connectivity index (χ0) is 27.5. The van der Waals surface area contributed by atoms with Crippen LogP contribution in [0.5, 0.6) is 17.2 Å². The summed E-state index contributed by atoms with van der Waals surface area (Å²) in [5.74, 6) is 2.34. The maximum Gasteiger partial charge on any atom is 0.261 e. The van der Waals surface area contributed by atoms with Gasteiger partial charge in [-0.3, -0.25) is 9.59 Å². The second kappa shape index (κ2) is 14.3. The summed E-state index contributed by atoms with van der Waals surface area (Å²) in [6, 6.07) is 18.7. The Kier molecular flexibility index (Phi) is 10.3. The van der Waals surface area contributed by atoms with E-state index in [2.05, 4.69) is 0 Å². The second-order valence-electron chi connectivity index (χ2n) is 9.75. The molecule has 1 aliphatic carbocycles. The molecule has 1 saturated carbocycles. The van der Waals surface area contributed by atoms with E-state index in [-0.39, 0.29) is 31.0 Å². The number of rotatable bonds is 13. The molecule has 0 N–H and O–H groups in total. The van der Waals surface area contributed by atoms with Gasteiger partial charge in [-0.1, -0.05) is 43.5 Å². The van der Waals surface area contributed by atoms with E-state index < -0.39 is 0 Å². The standard InChI is InChI=1S/C31H38N2O6/c1-36-28-16-15-24(20-29(28)37-2)17-18-32(21-27-14-9-19-38-27)30(34)22-33(25-10-5-3-6-11-25)31(35)23-39-26-12-7-4-8-13-26/h4,7-9,12-16,19-20,25H,3,5-6,10-11,17-18,21-23H2,1-2H3. The van der Waals surface area contributed by atoms with Gasteiger partial charge in [0, 0.05) is 12.6 Å². The lowest BCUT2D eigenvalue weighted by molar-refractivity contribution is -0.144. The largest absolute Gasteiger partial charge is 0.493 e. The summed E-state index contributed by atoms with van der Waals surface area (Å²) in [5, 5.41) is 0. The Morgan fingerprint density at radius 2 is 1.67 bits per heavy atom. The summed E-state index contributed by atoms with van der Waals surface area (Å²) in [6.45, 7) is 0.695. The average molecular weight is 535 g/mol. The maximum atomic E-state index is 13.8. The summed E-state index contributed by atoms with van der Waals surface area (Å²) >= 11 is 0. The molecule has 1 heterocycles. The number of amides is 2. The number of benzene rings is 2. The minimum atomic E-state index is -0.169. The van der Waals surface area contributed by atoms with E-state index in [0.29, 0.717) is 42.5 Å². The van der Waals surface area contributed by atoms with Crippen molar-refractivity contribution in [1.82, 2.24) is 9.80 Å². The van der Waals surface area contributed by atoms with Gasteiger partial charge < -0.3 is 28.4 Å². The highest BCUT2D eigenvalue weighted by Gasteiger charge is 2.29. The summed E-state index contributed by atoms with van der Waals surface area (Å²) < 4.78 is 22.1. The molecule has 0 spiro atoms. The number of carbonyl (C=O) groups excluding carboxylic acids is 2. The van der Waals surface area contributed by atoms with Crippen molar-refractivity contribution < 1.29 is 28.2 Å². The first kappa shape index (κ1) is 28.1. The van der Waals surface area contributed by atoms with Crippen molar-refractivity contribution in [3.63, 3.8) is 0 Å². The van der Waals surface area contributed by atoms with Crippen molar-refractivity contribution in [2.75, 3.05) is 33.9 Å². The number of carbonyl (C=O) groups is 2. The lowest BCUT2D eigenvalue weighted by Gasteiger charge is -2.35. The third kappa shape index (κ3) is 8.02. The van der Waals surface area contributed by atoms with Gasteiger partial charge in [0.15, 0.2) is 18.1 Å². The topological polar surface area (TPSA) is 81.5 Å². The van der Waals surface area contributed by atoms with Crippen LogP contribution in [0.4, 0.5) is 0 Å². The van der Waals surface area contributed by atoms with Crippen LogP contribution in [0.2, 0.25) is 0 Å². The summed E-state index contributed by atoms with van der Waals surface area (Å²) in [5.41, 5.74) is 1.02.